The van der Waals surface area contributed by atoms with Crippen LogP contribution in [-0.4, -0.2) is 16.9 Å². The van der Waals surface area contributed by atoms with Gasteiger partial charge >= 0.3 is 0 Å². The number of thioether (sulfide) groups is 1. The molecular weight excluding hydrogens is 146 g/mol. The maximum absolute atomic E-state index is 10.5. The molecule has 0 spiro atoms. The Bertz CT molecular complexity index is 106. The van der Waals surface area contributed by atoms with Gasteiger partial charge in [0.05, 0.1) is 5.25 Å². The zero-order valence-corrected chi connectivity index (χ0v) is 7.41. The van der Waals surface area contributed by atoms with E-state index in [1.807, 2.05) is 6.92 Å². The maximum atomic E-state index is 10.5. The third kappa shape index (κ3) is 4.68. The summed E-state index contributed by atoms with van der Waals surface area (Å²) in [6.07, 6.45) is 2.35. The molecule has 0 aliphatic carbocycles. The number of carbonyl (C=O) groups is 1. The Morgan fingerprint density at radius 3 is 2.70 bits per heavy atom. The van der Waals surface area contributed by atoms with Crippen LogP contribution >= 0.6 is 11.8 Å². The molecule has 0 saturated carbocycles. The van der Waals surface area contributed by atoms with Gasteiger partial charge in [-0.1, -0.05) is 13.3 Å². The highest BCUT2D eigenvalue weighted by molar-refractivity contribution is 8.00. The molecule has 0 aliphatic heterocycles. The Balaban J connectivity index is 3.21. The SMILES string of the molecule is CCCCSC(C)C(N)=O. The molecule has 0 heterocycles. The summed E-state index contributed by atoms with van der Waals surface area (Å²) in [5, 5.41) is -0.0217. The van der Waals surface area contributed by atoms with Crippen LogP contribution in [0.3, 0.4) is 0 Å². The van der Waals surface area contributed by atoms with Gasteiger partial charge in [0.15, 0.2) is 0 Å². The second-order valence-corrected chi connectivity index (χ2v) is 3.72. The fraction of sp³-hybridized carbons (Fsp3) is 0.857. The molecule has 10 heavy (non-hydrogen) atoms. The molecule has 0 aromatic rings. The second-order valence-electron chi connectivity index (χ2n) is 2.27. The van der Waals surface area contributed by atoms with Crippen LogP contribution in [0.5, 0.6) is 0 Å². The van der Waals surface area contributed by atoms with Crippen molar-refractivity contribution in [2.45, 2.75) is 31.9 Å². The highest BCUT2D eigenvalue weighted by atomic mass is 32.2. The lowest BCUT2D eigenvalue weighted by atomic mass is 10.4. The largest absolute Gasteiger partial charge is 0.369 e. The summed E-state index contributed by atoms with van der Waals surface area (Å²) >= 11 is 1.63. The van der Waals surface area contributed by atoms with Crippen molar-refractivity contribution in [3.63, 3.8) is 0 Å². The first-order valence-electron chi connectivity index (χ1n) is 3.59. The van der Waals surface area contributed by atoms with Crippen molar-refractivity contribution in [3.05, 3.63) is 0 Å². The Morgan fingerprint density at radius 2 is 2.30 bits per heavy atom. The van der Waals surface area contributed by atoms with E-state index in [1.165, 1.54) is 12.8 Å². The molecule has 0 aliphatic rings. The predicted molar refractivity (Wildman–Crippen MR) is 46.0 cm³/mol. The molecule has 0 radical (unpaired) electrons. The smallest absolute Gasteiger partial charge is 0.230 e. The number of amides is 1. The molecule has 2 N–H and O–H groups in total. The van der Waals surface area contributed by atoms with Crippen LogP contribution in [0, 0.1) is 0 Å². The van der Waals surface area contributed by atoms with E-state index in [0.29, 0.717) is 0 Å². The summed E-state index contributed by atoms with van der Waals surface area (Å²) in [7, 11) is 0. The monoisotopic (exact) mass is 161 g/mol. The van der Waals surface area contributed by atoms with Crippen molar-refractivity contribution >= 4 is 17.7 Å². The van der Waals surface area contributed by atoms with Crippen molar-refractivity contribution in [2.24, 2.45) is 5.73 Å². The van der Waals surface area contributed by atoms with E-state index in [4.69, 9.17) is 5.73 Å². The van der Waals surface area contributed by atoms with Crippen molar-refractivity contribution in [3.8, 4) is 0 Å². The Morgan fingerprint density at radius 1 is 1.70 bits per heavy atom. The van der Waals surface area contributed by atoms with E-state index < -0.39 is 0 Å². The van der Waals surface area contributed by atoms with Gasteiger partial charge in [0.1, 0.15) is 0 Å². The van der Waals surface area contributed by atoms with Crippen LogP contribution in [0.2, 0.25) is 0 Å². The molecule has 2 nitrogen and oxygen atoms in total. The van der Waals surface area contributed by atoms with Crippen LogP contribution < -0.4 is 5.73 Å². The first kappa shape index (κ1) is 9.82. The summed E-state index contributed by atoms with van der Waals surface area (Å²) in [6, 6.07) is 0. The summed E-state index contributed by atoms with van der Waals surface area (Å²) in [4.78, 5) is 10.5. The topological polar surface area (TPSA) is 43.1 Å². The van der Waals surface area contributed by atoms with Gasteiger partial charge in [0.25, 0.3) is 0 Å². The molecule has 0 aromatic carbocycles. The summed E-state index contributed by atoms with van der Waals surface area (Å²) in [6.45, 7) is 3.98. The average molecular weight is 161 g/mol. The van der Waals surface area contributed by atoms with Gasteiger partial charge in [-0.3, -0.25) is 4.79 Å². The minimum atomic E-state index is -0.207. The van der Waals surface area contributed by atoms with Gasteiger partial charge in [0.2, 0.25) is 5.91 Å². The third-order valence-electron chi connectivity index (χ3n) is 1.27. The number of hydrogen-bond acceptors (Lipinski definition) is 2. The van der Waals surface area contributed by atoms with Gasteiger partial charge in [-0.05, 0) is 19.1 Å². The average Bonchev–Trinajstić information content (AvgIpc) is 1.88. The quantitative estimate of drug-likeness (QED) is 0.619. The molecule has 0 rings (SSSR count). The first-order valence-corrected chi connectivity index (χ1v) is 4.64. The van der Waals surface area contributed by atoms with Crippen LogP contribution in [-0.2, 0) is 4.79 Å². The number of unbranched alkanes of at least 4 members (excludes halogenated alkanes) is 1. The van der Waals surface area contributed by atoms with Crippen molar-refractivity contribution in [1.29, 1.82) is 0 Å². The van der Waals surface area contributed by atoms with Gasteiger partial charge in [0, 0.05) is 0 Å². The predicted octanol–water partition coefficient (Wildman–Crippen LogP) is 1.39. The molecule has 60 valence electrons. The van der Waals surface area contributed by atoms with E-state index in [2.05, 4.69) is 6.92 Å². The Hall–Kier alpha value is -0.180. The van der Waals surface area contributed by atoms with Crippen LogP contribution in [0.1, 0.15) is 26.7 Å². The van der Waals surface area contributed by atoms with Gasteiger partial charge in [-0.2, -0.15) is 0 Å². The molecule has 3 heteroatoms. The van der Waals surface area contributed by atoms with Crippen molar-refractivity contribution in [2.75, 3.05) is 5.75 Å². The van der Waals surface area contributed by atoms with Crippen molar-refractivity contribution < 1.29 is 4.79 Å². The van der Waals surface area contributed by atoms with E-state index in [1.54, 1.807) is 11.8 Å². The van der Waals surface area contributed by atoms with Gasteiger partial charge < -0.3 is 5.73 Å². The van der Waals surface area contributed by atoms with Gasteiger partial charge in [-0.25, -0.2) is 0 Å². The third-order valence-corrected chi connectivity index (χ3v) is 2.52. The molecule has 1 unspecified atom stereocenters. The number of carbonyl (C=O) groups excluding carboxylic acids is 1. The number of rotatable bonds is 5. The number of hydrogen-bond donors (Lipinski definition) is 1. The standard InChI is InChI=1S/C7H15NOS/c1-3-4-5-10-6(2)7(8)9/h6H,3-5H2,1-2H3,(H2,8,9). The fourth-order valence-electron chi connectivity index (χ4n) is 0.487. The summed E-state index contributed by atoms with van der Waals surface area (Å²) in [5.41, 5.74) is 5.06. The molecule has 0 fully saturated rings. The van der Waals surface area contributed by atoms with Crippen molar-refractivity contribution in [1.82, 2.24) is 0 Å². The van der Waals surface area contributed by atoms with E-state index in [0.717, 1.165) is 5.75 Å². The zero-order chi connectivity index (χ0) is 7.98. The van der Waals surface area contributed by atoms with Gasteiger partial charge in [-0.15, -0.1) is 11.8 Å². The second kappa shape index (κ2) is 5.59. The normalized spacial score (nSPS) is 13.0. The minimum absolute atomic E-state index is 0.0217. The van der Waals surface area contributed by atoms with Crippen LogP contribution in [0.25, 0.3) is 0 Å². The molecular formula is C7H15NOS. The molecule has 1 amide bonds. The Labute approximate surface area is 66.6 Å². The van der Waals surface area contributed by atoms with E-state index in [-0.39, 0.29) is 11.2 Å². The lowest BCUT2D eigenvalue weighted by molar-refractivity contribution is -0.117. The number of nitrogens with two attached hydrogens (primary N) is 1. The molecule has 1 atom stereocenters. The number of primary amides is 1. The Kier molecular flexibility index (Phi) is 5.49. The van der Waals surface area contributed by atoms with E-state index >= 15 is 0 Å². The lowest BCUT2D eigenvalue weighted by Gasteiger charge is -2.04. The maximum Gasteiger partial charge on any atom is 0.230 e. The van der Waals surface area contributed by atoms with Crippen LogP contribution in [0.15, 0.2) is 0 Å². The summed E-state index contributed by atoms with van der Waals surface area (Å²) in [5.74, 6) is 0.835. The van der Waals surface area contributed by atoms with E-state index in [9.17, 15) is 4.79 Å². The highest BCUT2D eigenvalue weighted by Gasteiger charge is 2.06. The fourth-order valence-corrected chi connectivity index (χ4v) is 1.46. The summed E-state index contributed by atoms with van der Waals surface area (Å²) < 4.78 is 0. The van der Waals surface area contributed by atoms with Crippen LogP contribution in [0.4, 0.5) is 0 Å². The highest BCUT2D eigenvalue weighted by Crippen LogP contribution is 2.11. The lowest BCUT2D eigenvalue weighted by Crippen LogP contribution is -2.22. The zero-order valence-electron chi connectivity index (χ0n) is 6.59. The molecule has 0 saturated heterocycles. The minimum Gasteiger partial charge on any atom is -0.369 e. The molecule has 0 bridgehead atoms. The first-order chi connectivity index (χ1) is 4.68. The molecule has 0 aromatic heterocycles.